The Kier molecular flexibility index (Phi) is 5.48. The summed E-state index contributed by atoms with van der Waals surface area (Å²) in [6.07, 6.45) is 5.84. The largest absolute Gasteiger partial charge is 0.338 e. The van der Waals surface area contributed by atoms with Gasteiger partial charge in [0.25, 0.3) is 5.91 Å². The highest BCUT2D eigenvalue weighted by Crippen LogP contribution is 2.27. The quantitative estimate of drug-likeness (QED) is 0.837. The van der Waals surface area contributed by atoms with E-state index in [1.165, 1.54) is 12.1 Å². The molecule has 1 amide bonds. The molecule has 0 radical (unpaired) electrons. The van der Waals surface area contributed by atoms with E-state index in [0.29, 0.717) is 12.1 Å². The molecule has 0 unspecified atom stereocenters. The standard InChI is InChI=1S/C19H25FN4O/c1-22(2)12-13-23-11-9-21-18(23)16-4-3-10-24(14-16)19(25)15-5-7-17(20)8-6-15/h5-9,11,16H,3-4,10,12-14H2,1-2H3/t16-/m1/s1. The zero-order valence-corrected chi connectivity index (χ0v) is 14.9. The van der Waals surface area contributed by atoms with Crippen molar-refractivity contribution in [2.45, 2.75) is 25.3 Å². The molecule has 5 nitrogen and oxygen atoms in total. The van der Waals surface area contributed by atoms with Crippen molar-refractivity contribution < 1.29 is 9.18 Å². The first-order chi connectivity index (χ1) is 12.0. The summed E-state index contributed by atoms with van der Waals surface area (Å²) in [5.74, 6) is 0.945. The Labute approximate surface area is 148 Å². The first-order valence-corrected chi connectivity index (χ1v) is 8.75. The normalized spacial score (nSPS) is 17.9. The van der Waals surface area contributed by atoms with Crippen molar-refractivity contribution in [1.29, 1.82) is 0 Å². The summed E-state index contributed by atoms with van der Waals surface area (Å²) in [5.41, 5.74) is 0.540. The lowest BCUT2D eigenvalue weighted by atomic mass is 9.96. The summed E-state index contributed by atoms with van der Waals surface area (Å²) in [5, 5.41) is 0. The van der Waals surface area contributed by atoms with Crippen LogP contribution in [0.1, 0.15) is 34.9 Å². The second kappa shape index (κ2) is 7.78. The molecule has 25 heavy (non-hydrogen) atoms. The summed E-state index contributed by atoms with van der Waals surface area (Å²) in [6.45, 7) is 3.25. The highest BCUT2D eigenvalue weighted by molar-refractivity contribution is 5.94. The molecule has 2 heterocycles. The fraction of sp³-hybridized carbons (Fsp3) is 0.474. The summed E-state index contributed by atoms with van der Waals surface area (Å²) in [7, 11) is 4.11. The molecular weight excluding hydrogens is 319 g/mol. The molecule has 0 N–H and O–H groups in total. The molecule has 1 aliphatic rings. The number of aromatic nitrogens is 2. The van der Waals surface area contributed by atoms with Crippen LogP contribution in [0.4, 0.5) is 4.39 Å². The minimum Gasteiger partial charge on any atom is -0.338 e. The Morgan fingerprint density at radius 2 is 2.08 bits per heavy atom. The van der Waals surface area contributed by atoms with Gasteiger partial charge in [-0.3, -0.25) is 4.79 Å². The van der Waals surface area contributed by atoms with Crippen LogP contribution < -0.4 is 0 Å². The number of hydrogen-bond acceptors (Lipinski definition) is 3. The van der Waals surface area contributed by atoms with E-state index in [2.05, 4.69) is 28.5 Å². The Hall–Kier alpha value is -2.21. The number of carbonyl (C=O) groups is 1. The van der Waals surface area contributed by atoms with Crippen LogP contribution in [0.15, 0.2) is 36.7 Å². The molecule has 1 aromatic carbocycles. The van der Waals surface area contributed by atoms with Crippen molar-refractivity contribution >= 4 is 5.91 Å². The monoisotopic (exact) mass is 344 g/mol. The maximum absolute atomic E-state index is 13.1. The van der Waals surface area contributed by atoms with E-state index in [-0.39, 0.29) is 17.6 Å². The molecule has 1 fully saturated rings. The molecule has 2 aromatic rings. The van der Waals surface area contributed by atoms with Gasteiger partial charge in [-0.2, -0.15) is 0 Å². The molecule has 0 bridgehead atoms. The van der Waals surface area contributed by atoms with Gasteiger partial charge in [-0.15, -0.1) is 0 Å². The average Bonchev–Trinajstić information content (AvgIpc) is 3.09. The number of carbonyl (C=O) groups excluding carboxylic acids is 1. The van der Waals surface area contributed by atoms with E-state index in [9.17, 15) is 9.18 Å². The predicted molar refractivity (Wildman–Crippen MR) is 95.1 cm³/mol. The van der Waals surface area contributed by atoms with Crippen LogP contribution in [0, 0.1) is 5.82 Å². The molecule has 1 aromatic heterocycles. The summed E-state index contributed by atoms with van der Waals surface area (Å²) in [4.78, 5) is 21.3. The zero-order chi connectivity index (χ0) is 17.8. The molecule has 1 atom stereocenters. The number of amides is 1. The lowest BCUT2D eigenvalue weighted by Crippen LogP contribution is -2.39. The van der Waals surface area contributed by atoms with E-state index in [1.807, 2.05) is 17.3 Å². The second-order valence-corrected chi connectivity index (χ2v) is 6.88. The number of likely N-dealkylation sites (N-methyl/N-ethyl adjacent to an activating group) is 1. The topological polar surface area (TPSA) is 41.4 Å². The van der Waals surface area contributed by atoms with Crippen LogP contribution in [0.5, 0.6) is 0 Å². The first kappa shape index (κ1) is 17.6. The molecular formula is C19H25FN4O. The Morgan fingerprint density at radius 1 is 1.32 bits per heavy atom. The Bertz CT molecular complexity index is 710. The number of imidazole rings is 1. The molecule has 1 saturated heterocycles. The van der Waals surface area contributed by atoms with Crippen molar-refractivity contribution in [2.75, 3.05) is 33.7 Å². The van der Waals surface area contributed by atoms with E-state index < -0.39 is 0 Å². The van der Waals surface area contributed by atoms with Gasteiger partial charge in [0.05, 0.1) is 0 Å². The van der Waals surface area contributed by atoms with Crippen LogP contribution in [0.2, 0.25) is 0 Å². The minimum absolute atomic E-state index is 0.0314. The highest BCUT2D eigenvalue weighted by atomic mass is 19.1. The minimum atomic E-state index is -0.323. The van der Waals surface area contributed by atoms with Crippen molar-refractivity contribution in [3.05, 3.63) is 53.9 Å². The van der Waals surface area contributed by atoms with Crippen LogP contribution in [-0.2, 0) is 6.54 Å². The fourth-order valence-electron chi connectivity index (χ4n) is 3.32. The summed E-state index contributed by atoms with van der Waals surface area (Å²) in [6, 6.07) is 5.78. The zero-order valence-electron chi connectivity index (χ0n) is 14.9. The van der Waals surface area contributed by atoms with E-state index in [0.717, 1.165) is 38.3 Å². The smallest absolute Gasteiger partial charge is 0.253 e. The number of nitrogens with zero attached hydrogens (tertiary/aromatic N) is 4. The number of rotatable bonds is 5. The second-order valence-electron chi connectivity index (χ2n) is 6.88. The third-order valence-electron chi connectivity index (χ3n) is 4.70. The summed E-state index contributed by atoms with van der Waals surface area (Å²) < 4.78 is 15.3. The fourth-order valence-corrected chi connectivity index (χ4v) is 3.32. The van der Waals surface area contributed by atoms with E-state index in [1.54, 1.807) is 12.1 Å². The number of halogens is 1. The SMILES string of the molecule is CN(C)CCn1ccnc1[C@@H]1CCCN(C(=O)c2ccc(F)cc2)C1. The number of benzene rings is 1. The maximum atomic E-state index is 13.1. The van der Waals surface area contributed by atoms with Crippen LogP contribution in [0.25, 0.3) is 0 Å². The molecule has 0 spiro atoms. The number of piperidine rings is 1. The van der Waals surface area contributed by atoms with Gasteiger partial charge >= 0.3 is 0 Å². The van der Waals surface area contributed by atoms with Crippen LogP contribution in [-0.4, -0.2) is 59.0 Å². The first-order valence-electron chi connectivity index (χ1n) is 8.75. The van der Waals surface area contributed by atoms with Gasteiger partial charge < -0.3 is 14.4 Å². The highest BCUT2D eigenvalue weighted by Gasteiger charge is 2.28. The van der Waals surface area contributed by atoms with Gasteiger partial charge in [0.1, 0.15) is 11.6 Å². The van der Waals surface area contributed by atoms with Gasteiger partial charge in [-0.1, -0.05) is 0 Å². The maximum Gasteiger partial charge on any atom is 0.253 e. The van der Waals surface area contributed by atoms with Gasteiger partial charge in [0.15, 0.2) is 0 Å². The van der Waals surface area contributed by atoms with Gasteiger partial charge in [0.2, 0.25) is 0 Å². The van der Waals surface area contributed by atoms with E-state index >= 15 is 0 Å². The van der Waals surface area contributed by atoms with Crippen LogP contribution >= 0.6 is 0 Å². The van der Waals surface area contributed by atoms with Crippen molar-refractivity contribution in [2.24, 2.45) is 0 Å². The van der Waals surface area contributed by atoms with Gasteiger partial charge in [-0.05, 0) is 51.2 Å². The number of likely N-dealkylation sites (tertiary alicyclic amines) is 1. The molecule has 134 valence electrons. The molecule has 1 aliphatic heterocycles. The van der Waals surface area contributed by atoms with E-state index in [4.69, 9.17) is 0 Å². The number of hydrogen-bond donors (Lipinski definition) is 0. The predicted octanol–water partition coefficient (Wildman–Crippen LogP) is 2.60. The van der Waals surface area contributed by atoms with Gasteiger partial charge in [-0.25, -0.2) is 9.37 Å². The molecule has 3 rings (SSSR count). The molecule has 6 heteroatoms. The van der Waals surface area contributed by atoms with Crippen molar-refractivity contribution in [3.63, 3.8) is 0 Å². The average molecular weight is 344 g/mol. The lowest BCUT2D eigenvalue weighted by molar-refractivity contribution is 0.0703. The Morgan fingerprint density at radius 3 is 2.80 bits per heavy atom. The van der Waals surface area contributed by atoms with Crippen LogP contribution in [0.3, 0.4) is 0 Å². The third-order valence-corrected chi connectivity index (χ3v) is 4.70. The molecule has 0 aliphatic carbocycles. The van der Waals surface area contributed by atoms with Gasteiger partial charge in [0, 0.05) is 50.1 Å². The van der Waals surface area contributed by atoms with Crippen molar-refractivity contribution in [3.8, 4) is 0 Å². The Balaban J connectivity index is 1.70. The van der Waals surface area contributed by atoms with Crippen molar-refractivity contribution in [1.82, 2.24) is 19.4 Å². The molecule has 0 saturated carbocycles. The lowest BCUT2D eigenvalue weighted by Gasteiger charge is -2.33. The summed E-state index contributed by atoms with van der Waals surface area (Å²) >= 11 is 0. The third kappa shape index (κ3) is 4.25.